The molecule has 98 valence electrons. The first kappa shape index (κ1) is 12.2. The third kappa shape index (κ3) is 1.98. The standard InChI is InChI=1S/C13H14F3NS/c14-13(15,16)9-3-1-4-10-11(9)18-8-12(7-17-10)5-2-6-12/h1,3-4,17H,2,5-8H2. The Morgan fingerprint density at radius 3 is 2.61 bits per heavy atom. The van der Waals surface area contributed by atoms with Crippen LogP contribution in [0.5, 0.6) is 0 Å². The third-order valence-corrected chi connectivity index (χ3v) is 5.40. The Morgan fingerprint density at radius 2 is 2.00 bits per heavy atom. The molecule has 1 N–H and O–H groups in total. The first-order valence-corrected chi connectivity index (χ1v) is 7.06. The zero-order valence-corrected chi connectivity index (χ0v) is 10.6. The first-order chi connectivity index (χ1) is 8.50. The van der Waals surface area contributed by atoms with Crippen molar-refractivity contribution in [1.82, 2.24) is 0 Å². The second-order valence-corrected chi connectivity index (χ2v) is 6.16. The Bertz CT molecular complexity index is 466. The monoisotopic (exact) mass is 273 g/mol. The van der Waals surface area contributed by atoms with Gasteiger partial charge in [0.25, 0.3) is 0 Å². The molecule has 2 aliphatic rings. The molecule has 0 bridgehead atoms. The van der Waals surface area contributed by atoms with E-state index in [1.165, 1.54) is 30.3 Å². The summed E-state index contributed by atoms with van der Waals surface area (Å²) in [5.41, 5.74) is 0.347. The molecule has 1 aliphatic carbocycles. The molecule has 0 aromatic heterocycles. The van der Waals surface area contributed by atoms with Crippen LogP contribution in [0.2, 0.25) is 0 Å². The number of anilines is 1. The Labute approximate surface area is 108 Å². The third-order valence-electron chi connectivity index (χ3n) is 3.91. The number of halogens is 3. The Hall–Kier alpha value is -0.840. The molecule has 0 radical (unpaired) electrons. The molecule has 1 aromatic rings. The molecule has 0 saturated heterocycles. The van der Waals surface area contributed by atoms with Gasteiger partial charge in [0.05, 0.1) is 5.56 Å². The lowest BCUT2D eigenvalue weighted by Crippen LogP contribution is -2.37. The average Bonchev–Trinajstić information content (AvgIpc) is 2.46. The van der Waals surface area contributed by atoms with Gasteiger partial charge >= 0.3 is 6.18 Å². The van der Waals surface area contributed by atoms with Gasteiger partial charge in [0, 0.05) is 22.9 Å². The molecule has 0 unspecified atom stereocenters. The van der Waals surface area contributed by atoms with E-state index in [2.05, 4.69) is 5.32 Å². The maximum absolute atomic E-state index is 13.0. The fourth-order valence-electron chi connectivity index (χ4n) is 2.61. The Kier molecular flexibility index (Phi) is 2.77. The molecule has 1 aromatic carbocycles. The van der Waals surface area contributed by atoms with Crippen LogP contribution >= 0.6 is 11.8 Å². The molecular weight excluding hydrogens is 259 g/mol. The summed E-state index contributed by atoms with van der Waals surface area (Å²) in [6.45, 7) is 0.800. The van der Waals surface area contributed by atoms with Gasteiger partial charge < -0.3 is 5.32 Å². The summed E-state index contributed by atoms with van der Waals surface area (Å²) >= 11 is 1.36. The van der Waals surface area contributed by atoms with Crippen LogP contribution in [0.1, 0.15) is 24.8 Å². The van der Waals surface area contributed by atoms with Gasteiger partial charge in [-0.15, -0.1) is 11.8 Å². The van der Waals surface area contributed by atoms with Gasteiger partial charge in [0.15, 0.2) is 0 Å². The van der Waals surface area contributed by atoms with Gasteiger partial charge in [-0.1, -0.05) is 12.5 Å². The number of benzene rings is 1. The summed E-state index contributed by atoms with van der Waals surface area (Å²) in [5.74, 6) is 0.792. The largest absolute Gasteiger partial charge is 0.417 e. The highest BCUT2D eigenvalue weighted by molar-refractivity contribution is 7.99. The first-order valence-electron chi connectivity index (χ1n) is 6.07. The van der Waals surface area contributed by atoms with Crippen LogP contribution in [0.3, 0.4) is 0 Å². The minimum absolute atomic E-state index is 0.215. The van der Waals surface area contributed by atoms with E-state index in [4.69, 9.17) is 0 Å². The molecule has 3 rings (SSSR count). The molecule has 1 nitrogen and oxygen atoms in total. The van der Waals surface area contributed by atoms with Crippen LogP contribution < -0.4 is 5.32 Å². The van der Waals surface area contributed by atoms with Gasteiger partial charge in [-0.25, -0.2) is 0 Å². The van der Waals surface area contributed by atoms with Gasteiger partial charge in [0.2, 0.25) is 0 Å². The average molecular weight is 273 g/mol. The van der Waals surface area contributed by atoms with Crippen molar-refractivity contribution in [3.8, 4) is 0 Å². The molecule has 1 heterocycles. The number of fused-ring (bicyclic) bond motifs is 1. The van der Waals surface area contributed by atoms with E-state index in [1.807, 2.05) is 0 Å². The summed E-state index contributed by atoms with van der Waals surface area (Å²) < 4.78 is 38.9. The molecular formula is C13H14F3NS. The Morgan fingerprint density at radius 1 is 1.22 bits per heavy atom. The summed E-state index contributed by atoms with van der Waals surface area (Å²) in [6.07, 6.45) is -0.813. The van der Waals surface area contributed by atoms with Crippen LogP contribution in [0, 0.1) is 5.41 Å². The Balaban J connectivity index is 1.96. The number of thioether (sulfide) groups is 1. The van der Waals surface area contributed by atoms with Crippen molar-refractivity contribution in [3.63, 3.8) is 0 Å². The van der Waals surface area contributed by atoms with E-state index >= 15 is 0 Å². The SMILES string of the molecule is FC(F)(F)c1cccc2c1SCC1(CCC1)CN2. The zero-order valence-electron chi connectivity index (χ0n) is 9.81. The second-order valence-electron chi connectivity index (χ2n) is 5.18. The van der Waals surface area contributed by atoms with Crippen molar-refractivity contribution in [2.45, 2.75) is 30.3 Å². The number of hydrogen-bond acceptors (Lipinski definition) is 2. The number of alkyl halides is 3. The zero-order chi connectivity index (χ0) is 12.8. The molecule has 0 atom stereocenters. The summed E-state index contributed by atoms with van der Waals surface area (Å²) in [4.78, 5) is 0.369. The molecule has 18 heavy (non-hydrogen) atoms. The van der Waals surface area contributed by atoms with Crippen LogP contribution in [-0.2, 0) is 6.18 Å². The fourth-order valence-corrected chi connectivity index (χ4v) is 4.09. The molecule has 1 spiro atoms. The van der Waals surface area contributed by atoms with Crippen LogP contribution in [0.25, 0.3) is 0 Å². The topological polar surface area (TPSA) is 12.0 Å². The van der Waals surface area contributed by atoms with Gasteiger partial charge in [-0.3, -0.25) is 0 Å². The number of hydrogen-bond donors (Lipinski definition) is 1. The highest BCUT2D eigenvalue weighted by Gasteiger charge is 2.41. The summed E-state index contributed by atoms with van der Waals surface area (Å²) in [7, 11) is 0. The quantitative estimate of drug-likeness (QED) is 0.752. The normalized spacial score (nSPS) is 21.7. The van der Waals surface area contributed by atoms with E-state index in [1.54, 1.807) is 6.07 Å². The van der Waals surface area contributed by atoms with Crippen molar-refractivity contribution in [3.05, 3.63) is 23.8 Å². The van der Waals surface area contributed by atoms with Crippen molar-refractivity contribution < 1.29 is 13.2 Å². The summed E-state index contributed by atoms with van der Waals surface area (Å²) in [6, 6.07) is 4.40. The lowest BCUT2D eigenvalue weighted by atomic mass is 9.70. The summed E-state index contributed by atoms with van der Waals surface area (Å²) in [5, 5.41) is 3.21. The van der Waals surface area contributed by atoms with Crippen molar-refractivity contribution in [2.75, 3.05) is 17.6 Å². The van der Waals surface area contributed by atoms with Gasteiger partial charge in [-0.2, -0.15) is 13.2 Å². The molecule has 1 saturated carbocycles. The predicted molar refractivity (Wildman–Crippen MR) is 66.9 cm³/mol. The van der Waals surface area contributed by atoms with Crippen molar-refractivity contribution in [2.24, 2.45) is 5.41 Å². The highest BCUT2D eigenvalue weighted by atomic mass is 32.2. The van der Waals surface area contributed by atoms with Crippen molar-refractivity contribution >= 4 is 17.4 Å². The van der Waals surface area contributed by atoms with E-state index in [0.29, 0.717) is 10.6 Å². The van der Waals surface area contributed by atoms with Crippen LogP contribution in [-0.4, -0.2) is 12.3 Å². The smallest absolute Gasteiger partial charge is 0.384 e. The lowest BCUT2D eigenvalue weighted by Gasteiger charge is -2.40. The number of rotatable bonds is 0. The molecule has 1 fully saturated rings. The second kappa shape index (κ2) is 4.08. The van der Waals surface area contributed by atoms with Gasteiger partial charge in [-0.05, 0) is 30.4 Å². The molecule has 0 amide bonds. The van der Waals surface area contributed by atoms with Crippen molar-refractivity contribution in [1.29, 1.82) is 0 Å². The van der Waals surface area contributed by atoms with E-state index in [0.717, 1.165) is 25.1 Å². The lowest BCUT2D eigenvalue weighted by molar-refractivity contribution is -0.139. The fraction of sp³-hybridized carbons (Fsp3) is 0.538. The van der Waals surface area contributed by atoms with E-state index in [9.17, 15) is 13.2 Å². The molecule has 1 aliphatic heterocycles. The van der Waals surface area contributed by atoms with Gasteiger partial charge in [0.1, 0.15) is 0 Å². The molecule has 5 heteroatoms. The van der Waals surface area contributed by atoms with E-state index in [-0.39, 0.29) is 5.41 Å². The maximum atomic E-state index is 13.0. The van der Waals surface area contributed by atoms with E-state index < -0.39 is 11.7 Å². The highest BCUT2D eigenvalue weighted by Crippen LogP contribution is 2.50. The minimum Gasteiger partial charge on any atom is -0.384 e. The van der Waals surface area contributed by atoms with Crippen LogP contribution in [0.4, 0.5) is 18.9 Å². The minimum atomic E-state index is -4.27. The van der Waals surface area contributed by atoms with Crippen LogP contribution in [0.15, 0.2) is 23.1 Å². The maximum Gasteiger partial charge on any atom is 0.417 e. The predicted octanol–water partition coefficient (Wildman–Crippen LogP) is 4.39. The number of nitrogens with one attached hydrogen (secondary N) is 1.